The van der Waals surface area contributed by atoms with E-state index in [4.69, 9.17) is 0 Å². The summed E-state index contributed by atoms with van der Waals surface area (Å²) < 4.78 is 25.1. The number of carbonyl (C=O) groups is 2. The van der Waals surface area contributed by atoms with Gasteiger partial charge in [-0.2, -0.15) is 0 Å². The normalized spacial score (nSPS) is 11.2. The van der Waals surface area contributed by atoms with Crippen molar-refractivity contribution in [1.29, 1.82) is 0 Å². The molecule has 2 N–H and O–H groups in total. The monoisotopic (exact) mass is 376 g/mol. The fourth-order valence-electron chi connectivity index (χ4n) is 2.02. The molecule has 1 aromatic heterocycles. The molecule has 0 radical (unpaired) electrons. The lowest BCUT2D eigenvalue weighted by Crippen LogP contribution is -2.39. The maximum atomic E-state index is 12.0. The van der Waals surface area contributed by atoms with Crippen LogP contribution in [0.3, 0.4) is 0 Å². The molecule has 0 bridgehead atoms. The summed E-state index contributed by atoms with van der Waals surface area (Å²) in [6, 6.07) is 9.61. The second-order valence-corrected chi connectivity index (χ2v) is 7.81. The van der Waals surface area contributed by atoms with E-state index in [1.165, 1.54) is 26.2 Å². The Bertz CT molecular complexity index is 865. The van der Waals surface area contributed by atoms with Crippen LogP contribution >= 0.6 is 0 Å². The van der Waals surface area contributed by atoms with E-state index in [1.54, 1.807) is 36.7 Å². The molecule has 0 saturated carbocycles. The van der Waals surface area contributed by atoms with Gasteiger partial charge < -0.3 is 10.6 Å². The van der Waals surface area contributed by atoms with E-state index >= 15 is 0 Å². The summed E-state index contributed by atoms with van der Waals surface area (Å²) in [5.41, 5.74) is 1.46. The van der Waals surface area contributed by atoms with Gasteiger partial charge in [0.05, 0.1) is 4.90 Å². The number of pyridine rings is 1. The van der Waals surface area contributed by atoms with Crippen LogP contribution in [0.25, 0.3) is 0 Å². The van der Waals surface area contributed by atoms with Gasteiger partial charge >= 0.3 is 11.8 Å². The molecule has 26 heavy (non-hydrogen) atoms. The number of hydrogen-bond acceptors (Lipinski definition) is 5. The molecule has 0 spiro atoms. The van der Waals surface area contributed by atoms with Crippen molar-refractivity contribution in [3.63, 3.8) is 0 Å². The average Bonchev–Trinajstić information content (AvgIpc) is 2.65. The number of aromatic nitrogens is 1. The van der Waals surface area contributed by atoms with E-state index in [9.17, 15) is 18.0 Å². The molecule has 8 nitrogen and oxygen atoms in total. The highest BCUT2D eigenvalue weighted by molar-refractivity contribution is 7.89. The van der Waals surface area contributed by atoms with Crippen LogP contribution in [-0.4, -0.2) is 43.6 Å². The zero-order valence-corrected chi connectivity index (χ0v) is 15.3. The molecule has 0 aliphatic heterocycles. The van der Waals surface area contributed by atoms with Crippen LogP contribution in [0.1, 0.15) is 11.1 Å². The van der Waals surface area contributed by atoms with E-state index < -0.39 is 21.8 Å². The van der Waals surface area contributed by atoms with Gasteiger partial charge in [0.25, 0.3) is 0 Å². The minimum Gasteiger partial charge on any atom is -0.344 e. The van der Waals surface area contributed by atoms with Gasteiger partial charge in [-0.25, -0.2) is 12.7 Å². The largest absolute Gasteiger partial charge is 0.344 e. The summed E-state index contributed by atoms with van der Waals surface area (Å²) in [5, 5.41) is 4.99. The smallest absolute Gasteiger partial charge is 0.309 e. The van der Waals surface area contributed by atoms with Crippen molar-refractivity contribution in [2.24, 2.45) is 0 Å². The molecule has 9 heteroatoms. The van der Waals surface area contributed by atoms with Crippen molar-refractivity contribution in [1.82, 2.24) is 19.9 Å². The van der Waals surface area contributed by atoms with Gasteiger partial charge in [0, 0.05) is 39.6 Å². The highest BCUT2D eigenvalue weighted by Crippen LogP contribution is 2.13. The Balaban J connectivity index is 1.86. The average molecular weight is 376 g/mol. The maximum Gasteiger partial charge on any atom is 0.309 e. The topological polar surface area (TPSA) is 108 Å². The molecule has 138 valence electrons. The summed E-state index contributed by atoms with van der Waals surface area (Å²) in [6.45, 7) is 0.318. The molecular formula is C17H20N4O4S. The van der Waals surface area contributed by atoms with Crippen LogP contribution in [0, 0.1) is 0 Å². The minimum absolute atomic E-state index is 0.113. The number of rotatable bonds is 6. The Labute approximate surface area is 152 Å². The SMILES string of the molecule is CN(C)S(=O)(=O)c1ccc(CNC(=O)C(=O)NCc2cccnc2)cc1. The van der Waals surface area contributed by atoms with Crippen molar-refractivity contribution in [2.75, 3.05) is 14.1 Å². The second-order valence-electron chi connectivity index (χ2n) is 5.66. The zero-order valence-electron chi connectivity index (χ0n) is 14.5. The molecule has 1 heterocycles. The fraction of sp³-hybridized carbons (Fsp3) is 0.235. The summed E-state index contributed by atoms with van der Waals surface area (Å²) >= 11 is 0. The molecule has 0 saturated heterocycles. The first-order chi connectivity index (χ1) is 12.3. The lowest BCUT2D eigenvalue weighted by atomic mass is 10.2. The highest BCUT2D eigenvalue weighted by atomic mass is 32.2. The Morgan fingerprint density at radius 1 is 0.962 bits per heavy atom. The minimum atomic E-state index is -3.50. The van der Waals surface area contributed by atoms with Crippen molar-refractivity contribution in [2.45, 2.75) is 18.0 Å². The van der Waals surface area contributed by atoms with E-state index in [0.29, 0.717) is 5.56 Å². The number of nitrogens with one attached hydrogen (secondary N) is 2. The molecular weight excluding hydrogens is 356 g/mol. The predicted octanol–water partition coefficient (Wildman–Crippen LogP) is 0.265. The predicted molar refractivity (Wildman–Crippen MR) is 95.2 cm³/mol. The zero-order chi connectivity index (χ0) is 19.2. The third-order valence-corrected chi connectivity index (χ3v) is 5.37. The van der Waals surface area contributed by atoms with E-state index in [1.807, 2.05) is 0 Å². The van der Waals surface area contributed by atoms with Gasteiger partial charge in [0.15, 0.2) is 0 Å². The molecule has 2 amide bonds. The van der Waals surface area contributed by atoms with Gasteiger partial charge in [-0.05, 0) is 29.3 Å². The van der Waals surface area contributed by atoms with Crippen molar-refractivity contribution >= 4 is 21.8 Å². The molecule has 0 aliphatic carbocycles. The van der Waals surface area contributed by atoms with Crippen LogP contribution in [0.15, 0.2) is 53.7 Å². The first-order valence-electron chi connectivity index (χ1n) is 7.77. The maximum absolute atomic E-state index is 12.0. The van der Waals surface area contributed by atoms with Crippen LogP contribution in [0.2, 0.25) is 0 Å². The Kier molecular flexibility index (Phi) is 6.42. The second kappa shape index (κ2) is 8.54. The van der Waals surface area contributed by atoms with Crippen LogP contribution in [0.4, 0.5) is 0 Å². The Morgan fingerprint density at radius 3 is 2.04 bits per heavy atom. The van der Waals surface area contributed by atoms with E-state index in [0.717, 1.165) is 9.87 Å². The third kappa shape index (κ3) is 5.11. The standard InChI is InChI=1S/C17H20N4O4S/c1-21(2)26(24,25)15-7-5-13(6-8-15)11-19-16(22)17(23)20-12-14-4-3-9-18-10-14/h3-10H,11-12H2,1-2H3,(H,19,22)(H,20,23). The lowest BCUT2D eigenvalue weighted by molar-refractivity contribution is -0.139. The first kappa shape index (κ1) is 19.5. The molecule has 0 atom stereocenters. The summed E-state index contributed by atoms with van der Waals surface area (Å²) in [7, 11) is -0.591. The first-order valence-corrected chi connectivity index (χ1v) is 9.21. The summed E-state index contributed by atoms with van der Waals surface area (Å²) in [4.78, 5) is 27.7. The van der Waals surface area contributed by atoms with Crippen LogP contribution in [-0.2, 0) is 32.7 Å². The Hall–Kier alpha value is -2.78. The number of amides is 2. The fourth-order valence-corrected chi connectivity index (χ4v) is 2.92. The van der Waals surface area contributed by atoms with Gasteiger partial charge in [-0.3, -0.25) is 14.6 Å². The molecule has 0 aliphatic rings. The summed E-state index contributed by atoms with van der Waals surface area (Å²) in [6.07, 6.45) is 3.22. The number of carbonyl (C=O) groups excluding carboxylic acids is 2. The van der Waals surface area contributed by atoms with E-state index in [-0.39, 0.29) is 18.0 Å². The number of hydrogen-bond donors (Lipinski definition) is 2. The van der Waals surface area contributed by atoms with Crippen molar-refractivity contribution in [3.05, 3.63) is 59.9 Å². The third-order valence-electron chi connectivity index (χ3n) is 3.54. The van der Waals surface area contributed by atoms with Crippen molar-refractivity contribution in [3.8, 4) is 0 Å². The molecule has 2 aromatic rings. The quantitative estimate of drug-likeness (QED) is 0.703. The van der Waals surface area contributed by atoms with E-state index in [2.05, 4.69) is 15.6 Å². The molecule has 2 rings (SSSR count). The lowest BCUT2D eigenvalue weighted by Gasteiger charge is -2.12. The number of nitrogens with zero attached hydrogens (tertiary/aromatic N) is 2. The number of benzene rings is 1. The van der Waals surface area contributed by atoms with Gasteiger partial charge in [-0.1, -0.05) is 18.2 Å². The van der Waals surface area contributed by atoms with Crippen molar-refractivity contribution < 1.29 is 18.0 Å². The van der Waals surface area contributed by atoms with Gasteiger partial charge in [-0.15, -0.1) is 0 Å². The Morgan fingerprint density at radius 2 is 1.54 bits per heavy atom. The van der Waals surface area contributed by atoms with Crippen LogP contribution < -0.4 is 10.6 Å². The van der Waals surface area contributed by atoms with Crippen LogP contribution in [0.5, 0.6) is 0 Å². The summed E-state index contributed by atoms with van der Waals surface area (Å²) in [5.74, 6) is -1.51. The highest BCUT2D eigenvalue weighted by Gasteiger charge is 2.17. The van der Waals surface area contributed by atoms with Gasteiger partial charge in [0.2, 0.25) is 10.0 Å². The molecule has 1 aromatic carbocycles. The van der Waals surface area contributed by atoms with Gasteiger partial charge in [0.1, 0.15) is 0 Å². The molecule has 0 unspecified atom stereocenters. The number of sulfonamides is 1. The molecule has 0 fully saturated rings.